The Labute approximate surface area is 122 Å². The number of carbonyl (C=O) groups is 3. The maximum atomic E-state index is 11.9. The van der Waals surface area contributed by atoms with Crippen LogP contribution in [0.2, 0.25) is 0 Å². The van der Waals surface area contributed by atoms with E-state index < -0.39 is 23.8 Å². The summed E-state index contributed by atoms with van der Waals surface area (Å²) in [4.78, 5) is 33.5. The van der Waals surface area contributed by atoms with Crippen LogP contribution in [0, 0.1) is 0 Å². The lowest BCUT2D eigenvalue weighted by Crippen LogP contribution is -2.40. The maximum Gasteiger partial charge on any atom is 0.326 e. The third-order valence-electron chi connectivity index (χ3n) is 2.68. The van der Waals surface area contributed by atoms with Crippen LogP contribution in [0.4, 0.5) is 0 Å². The number of hydrogen-bond donors (Lipinski definition) is 3. The molecule has 1 aromatic rings. The smallest absolute Gasteiger partial charge is 0.326 e. The second-order valence-corrected chi connectivity index (χ2v) is 4.43. The predicted molar refractivity (Wildman–Crippen MR) is 74.9 cm³/mol. The summed E-state index contributed by atoms with van der Waals surface area (Å²) < 4.78 is 5.06. The monoisotopic (exact) mass is 294 g/mol. The number of hydrogen-bond acceptors (Lipinski definition) is 4. The number of primary amides is 1. The largest absolute Gasteiger partial charge is 0.484 e. The Morgan fingerprint density at radius 2 is 1.90 bits per heavy atom. The number of nitrogens with two attached hydrogens (primary N) is 1. The molecule has 0 aromatic heterocycles. The van der Waals surface area contributed by atoms with Crippen LogP contribution in [-0.4, -0.2) is 35.5 Å². The Morgan fingerprint density at radius 1 is 1.29 bits per heavy atom. The summed E-state index contributed by atoms with van der Waals surface area (Å²) in [5.41, 5.74) is 5.26. The highest BCUT2D eigenvalue weighted by Crippen LogP contribution is 2.12. The van der Waals surface area contributed by atoms with Crippen molar-refractivity contribution in [3.05, 3.63) is 29.8 Å². The Hall–Kier alpha value is -2.57. The number of carbonyl (C=O) groups excluding carboxylic acids is 2. The molecular weight excluding hydrogens is 276 g/mol. The van der Waals surface area contributed by atoms with Gasteiger partial charge in [-0.15, -0.1) is 0 Å². The summed E-state index contributed by atoms with van der Waals surface area (Å²) >= 11 is 0. The van der Waals surface area contributed by atoms with Gasteiger partial charge in [0.1, 0.15) is 11.8 Å². The van der Waals surface area contributed by atoms with Gasteiger partial charge in [0, 0.05) is 5.56 Å². The van der Waals surface area contributed by atoms with Crippen LogP contribution in [0.25, 0.3) is 0 Å². The van der Waals surface area contributed by atoms with Gasteiger partial charge in [0.25, 0.3) is 11.8 Å². The van der Waals surface area contributed by atoms with Crippen molar-refractivity contribution in [2.24, 2.45) is 5.73 Å². The summed E-state index contributed by atoms with van der Waals surface area (Å²) in [6.07, 6.45) is 1.01. The van der Waals surface area contributed by atoms with Crippen molar-refractivity contribution in [1.29, 1.82) is 0 Å². The molecule has 1 rings (SSSR count). The molecule has 114 valence electrons. The highest BCUT2D eigenvalue weighted by Gasteiger charge is 2.19. The Morgan fingerprint density at radius 3 is 2.38 bits per heavy atom. The third kappa shape index (κ3) is 5.52. The molecule has 0 fully saturated rings. The number of carboxylic acid groups (broad SMARTS) is 1. The van der Waals surface area contributed by atoms with Crippen molar-refractivity contribution in [3.63, 3.8) is 0 Å². The lowest BCUT2D eigenvalue weighted by atomic mass is 10.1. The first kappa shape index (κ1) is 16.5. The fourth-order valence-electron chi connectivity index (χ4n) is 1.64. The van der Waals surface area contributed by atoms with Gasteiger partial charge in [0.15, 0.2) is 6.61 Å². The quantitative estimate of drug-likeness (QED) is 0.646. The van der Waals surface area contributed by atoms with E-state index in [2.05, 4.69) is 5.32 Å². The molecule has 7 heteroatoms. The van der Waals surface area contributed by atoms with E-state index >= 15 is 0 Å². The molecule has 2 amide bonds. The first-order chi connectivity index (χ1) is 9.93. The predicted octanol–water partition coefficient (Wildman–Crippen LogP) is 0.534. The molecule has 0 saturated heterocycles. The van der Waals surface area contributed by atoms with Crippen LogP contribution in [0.5, 0.6) is 5.75 Å². The molecule has 0 unspecified atom stereocenters. The van der Waals surface area contributed by atoms with Gasteiger partial charge in [0.05, 0.1) is 0 Å². The molecule has 0 bridgehead atoms. The first-order valence-electron chi connectivity index (χ1n) is 6.49. The van der Waals surface area contributed by atoms with Crippen LogP contribution in [0.3, 0.4) is 0 Å². The van der Waals surface area contributed by atoms with Gasteiger partial charge in [-0.2, -0.15) is 0 Å². The first-order valence-corrected chi connectivity index (χ1v) is 6.49. The van der Waals surface area contributed by atoms with Crippen molar-refractivity contribution in [3.8, 4) is 5.75 Å². The molecule has 0 aliphatic carbocycles. The van der Waals surface area contributed by atoms with E-state index in [0.717, 1.165) is 0 Å². The number of amides is 2. The van der Waals surface area contributed by atoms with Crippen molar-refractivity contribution in [2.45, 2.75) is 25.8 Å². The molecule has 1 aromatic carbocycles. The molecule has 0 radical (unpaired) electrons. The van der Waals surface area contributed by atoms with Crippen LogP contribution < -0.4 is 15.8 Å². The van der Waals surface area contributed by atoms with Gasteiger partial charge < -0.3 is 20.9 Å². The van der Waals surface area contributed by atoms with Crippen molar-refractivity contribution < 1.29 is 24.2 Å². The standard InChI is InChI=1S/C14H18N2O5/c1-2-3-11(14(19)20)16-13(18)9-4-6-10(7-5-9)21-8-12(15)17/h4-7,11H,2-3,8H2,1H3,(H2,15,17)(H,16,18)(H,19,20)/t11-/m0/s1. The average molecular weight is 294 g/mol. The maximum absolute atomic E-state index is 11.9. The van der Waals surface area contributed by atoms with E-state index in [1.165, 1.54) is 24.3 Å². The molecule has 4 N–H and O–H groups in total. The lowest BCUT2D eigenvalue weighted by Gasteiger charge is -2.13. The van der Waals surface area contributed by atoms with Crippen LogP contribution in [0.15, 0.2) is 24.3 Å². The second kappa shape index (κ2) is 7.88. The number of benzene rings is 1. The third-order valence-corrected chi connectivity index (χ3v) is 2.68. The fraction of sp³-hybridized carbons (Fsp3) is 0.357. The Bertz CT molecular complexity index is 513. The summed E-state index contributed by atoms with van der Waals surface area (Å²) in [5, 5.41) is 11.4. The zero-order valence-electron chi connectivity index (χ0n) is 11.7. The molecule has 0 aliphatic rings. The van der Waals surface area contributed by atoms with E-state index in [1.807, 2.05) is 6.92 Å². The van der Waals surface area contributed by atoms with Gasteiger partial charge in [0.2, 0.25) is 0 Å². The average Bonchev–Trinajstić information content (AvgIpc) is 2.45. The zero-order valence-corrected chi connectivity index (χ0v) is 11.7. The van der Waals surface area contributed by atoms with Gasteiger partial charge in [-0.05, 0) is 30.7 Å². The second-order valence-electron chi connectivity index (χ2n) is 4.43. The SMILES string of the molecule is CCC[C@H](NC(=O)c1ccc(OCC(N)=O)cc1)C(=O)O. The molecule has 21 heavy (non-hydrogen) atoms. The van der Waals surface area contributed by atoms with Crippen LogP contribution >= 0.6 is 0 Å². The minimum Gasteiger partial charge on any atom is -0.484 e. The van der Waals surface area contributed by atoms with Crippen molar-refractivity contribution >= 4 is 17.8 Å². The van der Waals surface area contributed by atoms with Gasteiger partial charge in [-0.3, -0.25) is 9.59 Å². The zero-order chi connectivity index (χ0) is 15.8. The van der Waals surface area contributed by atoms with Crippen molar-refractivity contribution in [1.82, 2.24) is 5.32 Å². The Balaban J connectivity index is 2.65. The summed E-state index contributed by atoms with van der Waals surface area (Å²) in [6.45, 7) is 1.59. The van der Waals surface area contributed by atoms with Gasteiger partial charge >= 0.3 is 5.97 Å². The van der Waals surface area contributed by atoms with E-state index in [1.54, 1.807) is 0 Å². The molecule has 0 heterocycles. The highest BCUT2D eigenvalue weighted by atomic mass is 16.5. The number of aliphatic carboxylic acids is 1. The van der Waals surface area contributed by atoms with Gasteiger partial charge in [-0.1, -0.05) is 13.3 Å². The fourth-order valence-corrected chi connectivity index (χ4v) is 1.64. The molecule has 0 saturated carbocycles. The summed E-state index contributed by atoms with van der Waals surface area (Å²) in [7, 11) is 0. The van der Waals surface area contributed by atoms with E-state index in [-0.39, 0.29) is 6.61 Å². The Kier molecular flexibility index (Phi) is 6.19. The highest BCUT2D eigenvalue weighted by molar-refractivity contribution is 5.96. The van der Waals surface area contributed by atoms with E-state index in [9.17, 15) is 14.4 Å². The van der Waals surface area contributed by atoms with Crippen LogP contribution in [0.1, 0.15) is 30.1 Å². The van der Waals surface area contributed by atoms with Crippen molar-refractivity contribution in [2.75, 3.05) is 6.61 Å². The van der Waals surface area contributed by atoms with E-state index in [0.29, 0.717) is 24.2 Å². The number of carboxylic acids is 1. The summed E-state index contributed by atoms with van der Waals surface area (Å²) in [5.74, 6) is -1.74. The molecular formula is C14H18N2O5. The lowest BCUT2D eigenvalue weighted by molar-refractivity contribution is -0.139. The topological polar surface area (TPSA) is 119 Å². The number of nitrogens with one attached hydrogen (secondary N) is 1. The van der Waals surface area contributed by atoms with Gasteiger partial charge in [-0.25, -0.2) is 4.79 Å². The normalized spacial score (nSPS) is 11.5. The molecule has 1 atom stereocenters. The summed E-state index contributed by atoms with van der Waals surface area (Å²) in [6, 6.07) is 5.07. The minimum absolute atomic E-state index is 0.247. The molecule has 7 nitrogen and oxygen atoms in total. The van der Waals surface area contributed by atoms with E-state index in [4.69, 9.17) is 15.6 Å². The van der Waals surface area contributed by atoms with Crippen LogP contribution in [-0.2, 0) is 9.59 Å². The number of ether oxygens (including phenoxy) is 1. The number of rotatable bonds is 8. The molecule has 0 spiro atoms. The molecule has 0 aliphatic heterocycles. The minimum atomic E-state index is -1.06.